The molecule has 0 amide bonds. The van der Waals surface area contributed by atoms with E-state index in [2.05, 4.69) is 20.6 Å². The van der Waals surface area contributed by atoms with E-state index < -0.39 is 0 Å². The van der Waals surface area contributed by atoms with Crippen molar-refractivity contribution >= 4 is 5.82 Å². The predicted molar refractivity (Wildman–Crippen MR) is 71.9 cm³/mol. The van der Waals surface area contributed by atoms with Gasteiger partial charge in [0.1, 0.15) is 12.1 Å². The van der Waals surface area contributed by atoms with E-state index in [1.807, 2.05) is 19.9 Å². The molecule has 1 atom stereocenters. The summed E-state index contributed by atoms with van der Waals surface area (Å²) in [5.74, 6) is 2.27. The molecule has 1 aromatic heterocycles. The average molecular weight is 250 g/mol. The molecule has 0 aliphatic carbocycles. The maximum atomic E-state index is 5.53. The van der Waals surface area contributed by atoms with Crippen LogP contribution in [-0.4, -0.2) is 35.7 Å². The Hall–Kier alpha value is -1.36. The minimum atomic E-state index is 0.136. The maximum absolute atomic E-state index is 5.53. The van der Waals surface area contributed by atoms with Crippen LogP contribution in [0, 0.1) is 5.92 Å². The van der Waals surface area contributed by atoms with Gasteiger partial charge in [0, 0.05) is 12.6 Å². The zero-order valence-electron chi connectivity index (χ0n) is 11.1. The quantitative estimate of drug-likeness (QED) is 0.804. The first-order chi connectivity index (χ1) is 8.74. The summed E-state index contributed by atoms with van der Waals surface area (Å²) in [7, 11) is 0. The molecule has 2 N–H and O–H groups in total. The number of hydrogen-bond acceptors (Lipinski definition) is 5. The van der Waals surface area contributed by atoms with Gasteiger partial charge in [-0.15, -0.1) is 0 Å². The maximum Gasteiger partial charge on any atom is 0.218 e. The highest BCUT2D eigenvalue weighted by Crippen LogP contribution is 2.15. The van der Waals surface area contributed by atoms with Crippen molar-refractivity contribution in [1.29, 1.82) is 0 Å². The molecule has 0 spiro atoms. The van der Waals surface area contributed by atoms with Crippen LogP contribution in [0.2, 0.25) is 0 Å². The van der Waals surface area contributed by atoms with Gasteiger partial charge in [-0.25, -0.2) is 9.97 Å². The second-order valence-corrected chi connectivity index (χ2v) is 4.98. The van der Waals surface area contributed by atoms with E-state index in [1.54, 1.807) is 0 Å². The Morgan fingerprint density at radius 1 is 1.50 bits per heavy atom. The van der Waals surface area contributed by atoms with Gasteiger partial charge >= 0.3 is 0 Å². The first-order valence-electron chi connectivity index (χ1n) is 6.67. The number of ether oxygens (including phenoxy) is 1. The van der Waals surface area contributed by atoms with Crippen LogP contribution >= 0.6 is 0 Å². The van der Waals surface area contributed by atoms with Gasteiger partial charge in [-0.2, -0.15) is 0 Å². The number of rotatable bonds is 6. The molecule has 18 heavy (non-hydrogen) atoms. The highest BCUT2D eigenvalue weighted by Gasteiger charge is 2.13. The SMILES string of the molecule is CC(C)Oc1cc(NCCC2CCNC2)ncn1. The van der Waals surface area contributed by atoms with Crippen molar-refractivity contribution in [3.8, 4) is 5.88 Å². The Kier molecular flexibility index (Phi) is 4.75. The lowest BCUT2D eigenvalue weighted by molar-refractivity contribution is 0.232. The first-order valence-corrected chi connectivity index (χ1v) is 6.67. The van der Waals surface area contributed by atoms with E-state index >= 15 is 0 Å². The van der Waals surface area contributed by atoms with Crippen LogP contribution in [-0.2, 0) is 0 Å². The Balaban J connectivity index is 1.77. The number of hydrogen-bond donors (Lipinski definition) is 2. The summed E-state index contributed by atoms with van der Waals surface area (Å²) in [5.41, 5.74) is 0. The second-order valence-electron chi connectivity index (χ2n) is 4.98. The van der Waals surface area contributed by atoms with Gasteiger partial charge in [0.25, 0.3) is 0 Å². The van der Waals surface area contributed by atoms with Crippen molar-refractivity contribution in [1.82, 2.24) is 15.3 Å². The van der Waals surface area contributed by atoms with Crippen LogP contribution < -0.4 is 15.4 Å². The molecule has 1 aliphatic heterocycles. The van der Waals surface area contributed by atoms with Crippen molar-refractivity contribution < 1.29 is 4.74 Å². The van der Waals surface area contributed by atoms with Gasteiger partial charge in [0.2, 0.25) is 5.88 Å². The van der Waals surface area contributed by atoms with Crippen molar-refractivity contribution in [2.24, 2.45) is 5.92 Å². The van der Waals surface area contributed by atoms with E-state index in [-0.39, 0.29) is 6.10 Å². The fourth-order valence-electron chi connectivity index (χ4n) is 2.11. The van der Waals surface area contributed by atoms with E-state index in [1.165, 1.54) is 19.2 Å². The lowest BCUT2D eigenvalue weighted by Crippen LogP contribution is -2.13. The summed E-state index contributed by atoms with van der Waals surface area (Å²) in [6.07, 6.45) is 4.14. The summed E-state index contributed by atoms with van der Waals surface area (Å²) in [4.78, 5) is 8.27. The number of nitrogens with zero attached hydrogens (tertiary/aromatic N) is 2. The molecule has 5 heteroatoms. The normalized spacial score (nSPS) is 19.2. The molecule has 100 valence electrons. The summed E-state index contributed by atoms with van der Waals surface area (Å²) in [6, 6.07) is 1.85. The molecule has 1 aromatic rings. The molecule has 0 bridgehead atoms. The van der Waals surface area contributed by atoms with Crippen LogP contribution in [0.5, 0.6) is 5.88 Å². The molecule has 1 aliphatic rings. The van der Waals surface area contributed by atoms with Crippen LogP contribution in [0.1, 0.15) is 26.7 Å². The second kappa shape index (κ2) is 6.54. The molecule has 0 saturated carbocycles. The Bertz CT molecular complexity index is 364. The first kappa shape index (κ1) is 13.1. The summed E-state index contributed by atoms with van der Waals surface area (Å²) in [5, 5.41) is 6.70. The fraction of sp³-hybridized carbons (Fsp3) is 0.692. The third-order valence-electron chi connectivity index (χ3n) is 3.02. The van der Waals surface area contributed by atoms with Gasteiger partial charge in [-0.05, 0) is 45.7 Å². The molecule has 1 unspecified atom stereocenters. The standard InChI is InChI=1S/C13H22N4O/c1-10(2)18-13-7-12(16-9-17-13)15-6-4-11-3-5-14-8-11/h7,9-11,14H,3-6,8H2,1-2H3,(H,15,16,17). The van der Waals surface area contributed by atoms with Crippen LogP contribution in [0.4, 0.5) is 5.82 Å². The van der Waals surface area contributed by atoms with E-state index in [0.717, 1.165) is 31.4 Å². The Labute approximate surface area is 108 Å². The predicted octanol–water partition coefficient (Wildman–Crippen LogP) is 1.68. The molecule has 5 nitrogen and oxygen atoms in total. The highest BCUT2D eigenvalue weighted by molar-refractivity contribution is 5.36. The van der Waals surface area contributed by atoms with Gasteiger partial charge in [0.15, 0.2) is 0 Å². The van der Waals surface area contributed by atoms with Crippen molar-refractivity contribution in [2.75, 3.05) is 25.0 Å². The minimum Gasteiger partial charge on any atom is -0.475 e. The molecule has 2 heterocycles. The molecule has 0 aromatic carbocycles. The van der Waals surface area contributed by atoms with Gasteiger partial charge in [-0.1, -0.05) is 0 Å². The smallest absolute Gasteiger partial charge is 0.218 e. The number of nitrogens with one attached hydrogen (secondary N) is 2. The fourth-order valence-corrected chi connectivity index (χ4v) is 2.11. The van der Waals surface area contributed by atoms with E-state index in [4.69, 9.17) is 4.74 Å². The van der Waals surface area contributed by atoms with E-state index in [9.17, 15) is 0 Å². The lowest BCUT2D eigenvalue weighted by Gasteiger charge is -2.11. The highest BCUT2D eigenvalue weighted by atomic mass is 16.5. The third-order valence-corrected chi connectivity index (χ3v) is 3.02. The van der Waals surface area contributed by atoms with Crippen molar-refractivity contribution in [2.45, 2.75) is 32.8 Å². The van der Waals surface area contributed by atoms with Gasteiger partial charge in [-0.3, -0.25) is 0 Å². The Morgan fingerprint density at radius 2 is 2.39 bits per heavy atom. The monoisotopic (exact) mass is 250 g/mol. The average Bonchev–Trinajstić information content (AvgIpc) is 2.82. The molecular formula is C13H22N4O. The molecular weight excluding hydrogens is 228 g/mol. The largest absolute Gasteiger partial charge is 0.475 e. The molecule has 2 rings (SSSR count). The van der Waals surface area contributed by atoms with Gasteiger partial charge < -0.3 is 15.4 Å². The zero-order valence-corrected chi connectivity index (χ0v) is 11.1. The van der Waals surface area contributed by atoms with Crippen LogP contribution in [0.25, 0.3) is 0 Å². The topological polar surface area (TPSA) is 59.1 Å². The molecule has 0 radical (unpaired) electrons. The van der Waals surface area contributed by atoms with Gasteiger partial charge in [0.05, 0.1) is 6.10 Å². The lowest BCUT2D eigenvalue weighted by atomic mass is 10.1. The number of anilines is 1. The number of aromatic nitrogens is 2. The third kappa shape index (κ3) is 4.14. The summed E-state index contributed by atoms with van der Waals surface area (Å²) in [6.45, 7) is 7.23. The van der Waals surface area contributed by atoms with Crippen molar-refractivity contribution in [3.63, 3.8) is 0 Å². The summed E-state index contributed by atoms with van der Waals surface area (Å²) < 4.78 is 5.53. The summed E-state index contributed by atoms with van der Waals surface area (Å²) >= 11 is 0. The molecule has 1 saturated heterocycles. The molecule has 1 fully saturated rings. The zero-order chi connectivity index (χ0) is 12.8. The van der Waals surface area contributed by atoms with E-state index in [0.29, 0.717) is 5.88 Å². The minimum absolute atomic E-state index is 0.136. The van der Waals surface area contributed by atoms with Crippen LogP contribution in [0.15, 0.2) is 12.4 Å². The van der Waals surface area contributed by atoms with Crippen molar-refractivity contribution in [3.05, 3.63) is 12.4 Å². The Morgan fingerprint density at radius 3 is 3.11 bits per heavy atom. The van der Waals surface area contributed by atoms with Crippen LogP contribution in [0.3, 0.4) is 0 Å².